The molecule has 0 amide bonds. The van der Waals surface area contributed by atoms with E-state index in [0.717, 1.165) is 23.5 Å². The lowest BCUT2D eigenvalue weighted by Gasteiger charge is -2.10. The molecule has 0 spiro atoms. The van der Waals surface area contributed by atoms with Crippen molar-refractivity contribution in [3.63, 3.8) is 0 Å². The van der Waals surface area contributed by atoms with E-state index in [2.05, 4.69) is 17.6 Å². The second-order valence-corrected chi connectivity index (χ2v) is 4.55. The van der Waals surface area contributed by atoms with E-state index in [-0.39, 0.29) is 0 Å². The molecule has 2 aromatic carbocycles. The Kier molecular flexibility index (Phi) is 3.31. The van der Waals surface area contributed by atoms with Crippen molar-refractivity contribution >= 4 is 6.08 Å². The molecule has 96 valence electrons. The summed E-state index contributed by atoms with van der Waals surface area (Å²) in [6.45, 7) is 0.486. The van der Waals surface area contributed by atoms with E-state index in [1.165, 1.54) is 11.1 Å². The van der Waals surface area contributed by atoms with Crippen molar-refractivity contribution < 1.29 is 9.94 Å². The number of hydrogen-bond donors (Lipinski definition) is 2. The largest absolute Gasteiger partial charge is 0.457 e. The van der Waals surface area contributed by atoms with Gasteiger partial charge in [0.2, 0.25) is 0 Å². The zero-order valence-corrected chi connectivity index (χ0v) is 10.5. The Morgan fingerprint density at radius 2 is 1.89 bits per heavy atom. The molecule has 0 aromatic heterocycles. The van der Waals surface area contributed by atoms with Gasteiger partial charge in [0.05, 0.1) is 0 Å². The van der Waals surface area contributed by atoms with E-state index < -0.39 is 0 Å². The Morgan fingerprint density at radius 1 is 1.05 bits per heavy atom. The van der Waals surface area contributed by atoms with Crippen LogP contribution < -0.4 is 10.2 Å². The Hall–Kier alpha value is -2.10. The molecule has 0 unspecified atom stereocenters. The van der Waals surface area contributed by atoms with Crippen LogP contribution in [-0.4, -0.2) is 11.8 Å². The van der Waals surface area contributed by atoms with Crippen LogP contribution >= 0.6 is 0 Å². The van der Waals surface area contributed by atoms with E-state index >= 15 is 0 Å². The average Bonchev–Trinajstić information content (AvgIpc) is 2.84. The second-order valence-electron chi connectivity index (χ2n) is 4.55. The molecule has 3 rings (SSSR count). The van der Waals surface area contributed by atoms with Gasteiger partial charge in [-0.25, -0.2) is 5.48 Å². The minimum absolute atomic E-state index is 0.486. The molecular formula is C16H15NO2. The van der Waals surface area contributed by atoms with Gasteiger partial charge in [0.1, 0.15) is 11.5 Å². The van der Waals surface area contributed by atoms with Gasteiger partial charge in [-0.3, -0.25) is 0 Å². The first-order valence-electron chi connectivity index (χ1n) is 6.28. The standard InChI is InChI=1S/C16H15NO2/c18-17-11-12-9-13-5-4-8-16(15(13)10-12)19-14-6-2-1-3-7-14/h1-9,17-18H,10-11H2. The van der Waals surface area contributed by atoms with Crippen LogP contribution in [0.3, 0.4) is 0 Å². The van der Waals surface area contributed by atoms with E-state index in [0.29, 0.717) is 6.54 Å². The quantitative estimate of drug-likeness (QED) is 0.821. The minimum atomic E-state index is 0.486. The molecule has 0 heterocycles. The van der Waals surface area contributed by atoms with Crippen molar-refractivity contribution in [1.82, 2.24) is 5.48 Å². The van der Waals surface area contributed by atoms with E-state index in [1.807, 2.05) is 42.5 Å². The molecular weight excluding hydrogens is 238 g/mol. The Labute approximate surface area is 112 Å². The van der Waals surface area contributed by atoms with Crippen LogP contribution in [-0.2, 0) is 6.42 Å². The highest BCUT2D eigenvalue weighted by molar-refractivity contribution is 5.67. The number of ether oxygens (including phenoxy) is 1. The van der Waals surface area contributed by atoms with Gasteiger partial charge in [-0.2, -0.15) is 0 Å². The average molecular weight is 253 g/mol. The van der Waals surface area contributed by atoms with Gasteiger partial charge in [-0.05, 0) is 35.8 Å². The molecule has 3 heteroatoms. The summed E-state index contributed by atoms with van der Waals surface area (Å²) in [5.74, 6) is 1.72. The Morgan fingerprint density at radius 3 is 2.68 bits per heavy atom. The number of hydroxylamine groups is 1. The maximum Gasteiger partial charge on any atom is 0.131 e. The molecule has 3 nitrogen and oxygen atoms in total. The molecule has 2 aromatic rings. The highest BCUT2D eigenvalue weighted by Gasteiger charge is 2.17. The molecule has 19 heavy (non-hydrogen) atoms. The summed E-state index contributed by atoms with van der Waals surface area (Å²) in [7, 11) is 0. The number of hydrogen-bond acceptors (Lipinski definition) is 3. The van der Waals surface area contributed by atoms with Crippen molar-refractivity contribution in [1.29, 1.82) is 0 Å². The molecule has 0 bridgehead atoms. The highest BCUT2D eigenvalue weighted by Crippen LogP contribution is 2.34. The number of para-hydroxylation sites is 1. The first-order chi connectivity index (χ1) is 9.36. The normalized spacial score (nSPS) is 13.0. The van der Waals surface area contributed by atoms with Crippen LogP contribution in [0.5, 0.6) is 11.5 Å². The smallest absolute Gasteiger partial charge is 0.131 e. The third kappa shape index (κ3) is 2.52. The summed E-state index contributed by atoms with van der Waals surface area (Å²) >= 11 is 0. The molecule has 0 saturated carbocycles. The summed E-state index contributed by atoms with van der Waals surface area (Å²) in [5.41, 5.74) is 5.70. The van der Waals surface area contributed by atoms with Crippen molar-refractivity contribution in [2.75, 3.05) is 6.54 Å². The number of rotatable bonds is 4. The van der Waals surface area contributed by atoms with Crippen LogP contribution in [0.15, 0.2) is 54.1 Å². The van der Waals surface area contributed by atoms with E-state index in [4.69, 9.17) is 9.94 Å². The van der Waals surface area contributed by atoms with Crippen LogP contribution in [0, 0.1) is 0 Å². The molecule has 1 aliphatic rings. The third-order valence-electron chi connectivity index (χ3n) is 3.21. The number of fused-ring (bicyclic) bond motifs is 1. The lowest BCUT2D eigenvalue weighted by atomic mass is 10.1. The molecule has 0 aliphatic heterocycles. The predicted octanol–water partition coefficient (Wildman–Crippen LogP) is 3.40. The zero-order chi connectivity index (χ0) is 13.1. The van der Waals surface area contributed by atoms with Gasteiger partial charge in [0.25, 0.3) is 0 Å². The van der Waals surface area contributed by atoms with Gasteiger partial charge >= 0.3 is 0 Å². The fourth-order valence-corrected chi connectivity index (χ4v) is 2.33. The zero-order valence-electron chi connectivity index (χ0n) is 10.5. The summed E-state index contributed by atoms with van der Waals surface area (Å²) in [6.07, 6.45) is 2.91. The fourth-order valence-electron chi connectivity index (χ4n) is 2.33. The second kappa shape index (κ2) is 5.26. The van der Waals surface area contributed by atoms with Crippen molar-refractivity contribution in [3.8, 4) is 11.5 Å². The first kappa shape index (κ1) is 12.0. The van der Waals surface area contributed by atoms with Gasteiger partial charge in [0.15, 0.2) is 0 Å². The van der Waals surface area contributed by atoms with Crippen molar-refractivity contribution in [2.24, 2.45) is 0 Å². The topological polar surface area (TPSA) is 41.5 Å². The van der Waals surface area contributed by atoms with E-state index in [1.54, 1.807) is 0 Å². The van der Waals surface area contributed by atoms with Crippen LogP contribution in [0.2, 0.25) is 0 Å². The lowest BCUT2D eigenvalue weighted by Crippen LogP contribution is -2.11. The predicted molar refractivity (Wildman–Crippen MR) is 74.4 cm³/mol. The Balaban J connectivity index is 1.86. The monoisotopic (exact) mass is 253 g/mol. The SMILES string of the molecule is ONCC1=Cc2cccc(Oc3ccccc3)c2C1. The summed E-state index contributed by atoms with van der Waals surface area (Å²) < 4.78 is 5.93. The van der Waals surface area contributed by atoms with Gasteiger partial charge in [0, 0.05) is 12.1 Å². The molecule has 1 aliphatic carbocycles. The highest BCUT2D eigenvalue weighted by atomic mass is 16.5. The lowest BCUT2D eigenvalue weighted by molar-refractivity contribution is 0.176. The minimum Gasteiger partial charge on any atom is -0.457 e. The fraction of sp³-hybridized carbons (Fsp3) is 0.125. The molecule has 0 atom stereocenters. The molecule has 0 radical (unpaired) electrons. The number of nitrogens with one attached hydrogen (secondary N) is 1. The molecule has 2 N–H and O–H groups in total. The van der Waals surface area contributed by atoms with Gasteiger partial charge < -0.3 is 9.94 Å². The third-order valence-corrected chi connectivity index (χ3v) is 3.21. The maximum atomic E-state index is 8.79. The summed E-state index contributed by atoms with van der Waals surface area (Å²) in [4.78, 5) is 0. The van der Waals surface area contributed by atoms with Crippen molar-refractivity contribution in [2.45, 2.75) is 6.42 Å². The van der Waals surface area contributed by atoms with Crippen molar-refractivity contribution in [3.05, 3.63) is 65.2 Å². The van der Waals surface area contributed by atoms with Crippen LogP contribution in [0.4, 0.5) is 0 Å². The van der Waals surface area contributed by atoms with Crippen LogP contribution in [0.25, 0.3) is 6.08 Å². The van der Waals surface area contributed by atoms with E-state index in [9.17, 15) is 0 Å². The number of benzene rings is 2. The molecule has 0 fully saturated rings. The maximum absolute atomic E-state index is 8.79. The van der Waals surface area contributed by atoms with Gasteiger partial charge in [-0.15, -0.1) is 0 Å². The molecule has 0 saturated heterocycles. The Bertz CT molecular complexity index is 605. The summed E-state index contributed by atoms with van der Waals surface area (Å²) in [6, 6.07) is 15.8. The van der Waals surface area contributed by atoms with Gasteiger partial charge in [-0.1, -0.05) is 36.4 Å². The summed E-state index contributed by atoms with van der Waals surface area (Å²) in [5, 5.41) is 8.79. The first-order valence-corrected chi connectivity index (χ1v) is 6.28. The van der Waals surface area contributed by atoms with Crippen LogP contribution in [0.1, 0.15) is 11.1 Å².